The summed E-state index contributed by atoms with van der Waals surface area (Å²) in [4.78, 5) is 0. The van der Waals surface area contributed by atoms with Gasteiger partial charge in [-0.25, -0.2) is 0 Å². The summed E-state index contributed by atoms with van der Waals surface area (Å²) in [6.07, 6.45) is 2.77. The molecule has 1 N–H and O–H groups in total. The standard InChI is InChI=1S/C20H22O3Si/c1-20(2,3)24(16-10-6-4-7-11-16,17-12-8-5-9-13-17)23-19-15-22-14-18(19)21/h4-15,21H,1-3H3. The average Bonchev–Trinajstić information content (AvgIpc) is 2.98. The molecule has 0 saturated heterocycles. The third-order valence-corrected chi connectivity index (χ3v) is 9.22. The number of rotatable bonds is 4. The van der Waals surface area contributed by atoms with E-state index in [-0.39, 0.29) is 10.8 Å². The lowest BCUT2D eigenvalue weighted by Gasteiger charge is -2.42. The van der Waals surface area contributed by atoms with Crippen LogP contribution in [0.4, 0.5) is 0 Å². The molecule has 1 heterocycles. The van der Waals surface area contributed by atoms with Gasteiger partial charge in [0.2, 0.25) is 0 Å². The SMILES string of the molecule is CC(C)(C)[Si](Oc1cocc1O)(c1ccccc1)c1ccccc1. The van der Waals surface area contributed by atoms with Crippen molar-refractivity contribution in [2.45, 2.75) is 25.8 Å². The minimum absolute atomic E-state index is 0.0305. The highest BCUT2D eigenvalue weighted by Gasteiger charge is 2.52. The molecule has 1 aromatic heterocycles. The normalized spacial score (nSPS) is 12.1. The number of hydrogen-bond donors (Lipinski definition) is 1. The van der Waals surface area contributed by atoms with Gasteiger partial charge < -0.3 is 13.9 Å². The maximum absolute atomic E-state index is 10.1. The van der Waals surface area contributed by atoms with Crippen LogP contribution in [0.3, 0.4) is 0 Å². The van der Waals surface area contributed by atoms with Crippen molar-refractivity contribution in [3.8, 4) is 11.5 Å². The van der Waals surface area contributed by atoms with E-state index in [0.29, 0.717) is 5.75 Å². The molecule has 0 aliphatic carbocycles. The Balaban J connectivity index is 2.27. The summed E-state index contributed by atoms with van der Waals surface area (Å²) in [5.41, 5.74) is 0. The maximum atomic E-state index is 10.1. The lowest BCUT2D eigenvalue weighted by Crippen LogP contribution is -2.68. The summed E-state index contributed by atoms with van der Waals surface area (Å²) in [5, 5.41) is 12.2. The van der Waals surface area contributed by atoms with Gasteiger partial charge in [-0.05, 0) is 15.4 Å². The Hall–Kier alpha value is -2.46. The van der Waals surface area contributed by atoms with Crippen LogP contribution in [0.15, 0.2) is 77.6 Å². The number of benzene rings is 2. The molecule has 3 aromatic rings. The molecule has 24 heavy (non-hydrogen) atoms. The second-order valence-electron chi connectivity index (χ2n) is 6.89. The molecule has 0 fully saturated rings. The predicted octanol–water partition coefficient (Wildman–Crippen LogP) is 3.92. The zero-order valence-corrected chi connectivity index (χ0v) is 15.2. The van der Waals surface area contributed by atoms with Gasteiger partial charge in [-0.2, -0.15) is 0 Å². The fraction of sp³-hybridized carbons (Fsp3) is 0.200. The first-order valence-corrected chi connectivity index (χ1v) is 9.91. The molecule has 3 nitrogen and oxygen atoms in total. The maximum Gasteiger partial charge on any atom is 0.320 e. The smallest absolute Gasteiger partial charge is 0.320 e. The second-order valence-corrected chi connectivity index (χ2v) is 11.1. The Labute approximate surface area is 143 Å². The summed E-state index contributed by atoms with van der Waals surface area (Å²) in [6.45, 7) is 6.57. The molecule has 0 atom stereocenters. The average molecular weight is 338 g/mol. The van der Waals surface area contributed by atoms with Crippen LogP contribution < -0.4 is 14.8 Å². The Morgan fingerprint density at radius 1 is 0.833 bits per heavy atom. The van der Waals surface area contributed by atoms with Crippen molar-refractivity contribution in [2.24, 2.45) is 0 Å². The minimum atomic E-state index is -2.71. The van der Waals surface area contributed by atoms with Crippen molar-refractivity contribution >= 4 is 18.7 Å². The van der Waals surface area contributed by atoms with Crippen LogP contribution in [-0.2, 0) is 0 Å². The monoisotopic (exact) mass is 338 g/mol. The number of aromatic hydroxyl groups is 1. The van der Waals surface area contributed by atoms with Crippen LogP contribution in [0.2, 0.25) is 5.04 Å². The Morgan fingerprint density at radius 3 is 1.71 bits per heavy atom. The van der Waals surface area contributed by atoms with E-state index in [9.17, 15) is 5.11 Å². The Morgan fingerprint density at radius 2 is 1.33 bits per heavy atom. The van der Waals surface area contributed by atoms with Crippen molar-refractivity contribution in [2.75, 3.05) is 0 Å². The zero-order valence-electron chi connectivity index (χ0n) is 14.2. The van der Waals surface area contributed by atoms with Gasteiger partial charge in [-0.15, -0.1) is 0 Å². The Bertz CT molecular complexity index is 749. The van der Waals surface area contributed by atoms with Crippen molar-refractivity contribution in [3.05, 3.63) is 73.2 Å². The molecule has 0 radical (unpaired) electrons. The molecule has 0 aliphatic rings. The molecule has 0 spiro atoms. The fourth-order valence-electron chi connectivity index (χ4n) is 3.17. The molecule has 0 aliphatic heterocycles. The number of hydrogen-bond acceptors (Lipinski definition) is 3. The second kappa shape index (κ2) is 6.21. The van der Waals surface area contributed by atoms with Gasteiger partial charge in [0.1, 0.15) is 12.5 Å². The van der Waals surface area contributed by atoms with Crippen molar-refractivity contribution in [1.82, 2.24) is 0 Å². The van der Waals surface area contributed by atoms with Gasteiger partial charge in [-0.1, -0.05) is 81.4 Å². The third-order valence-electron chi connectivity index (χ3n) is 4.29. The number of furan rings is 1. The van der Waals surface area contributed by atoms with E-state index in [2.05, 4.69) is 45.0 Å². The van der Waals surface area contributed by atoms with E-state index in [1.807, 2.05) is 36.4 Å². The highest BCUT2D eigenvalue weighted by atomic mass is 28.4. The van der Waals surface area contributed by atoms with Crippen molar-refractivity contribution in [3.63, 3.8) is 0 Å². The van der Waals surface area contributed by atoms with Crippen LogP contribution in [0.1, 0.15) is 20.8 Å². The molecule has 0 bridgehead atoms. The highest BCUT2D eigenvalue weighted by Crippen LogP contribution is 2.39. The first-order valence-electron chi connectivity index (χ1n) is 8.00. The van der Waals surface area contributed by atoms with E-state index in [1.165, 1.54) is 12.5 Å². The van der Waals surface area contributed by atoms with Crippen LogP contribution in [0.5, 0.6) is 11.5 Å². The van der Waals surface area contributed by atoms with Gasteiger partial charge in [-0.3, -0.25) is 0 Å². The molecular weight excluding hydrogens is 316 g/mol. The van der Waals surface area contributed by atoms with Crippen LogP contribution in [0.25, 0.3) is 0 Å². The minimum Gasteiger partial charge on any atom is -0.529 e. The lowest BCUT2D eigenvalue weighted by atomic mass is 10.2. The molecule has 4 heteroatoms. The molecular formula is C20H22O3Si. The topological polar surface area (TPSA) is 42.6 Å². The van der Waals surface area contributed by atoms with Gasteiger partial charge >= 0.3 is 8.32 Å². The van der Waals surface area contributed by atoms with Crippen molar-refractivity contribution in [1.29, 1.82) is 0 Å². The zero-order chi connectivity index (χ0) is 17.2. The summed E-state index contributed by atoms with van der Waals surface area (Å²) >= 11 is 0. The molecule has 3 rings (SSSR count). The summed E-state index contributed by atoms with van der Waals surface area (Å²) in [7, 11) is -2.71. The summed E-state index contributed by atoms with van der Waals surface area (Å²) in [5.74, 6) is 0.423. The highest BCUT2D eigenvalue weighted by molar-refractivity contribution is 7.00. The largest absolute Gasteiger partial charge is 0.529 e. The predicted molar refractivity (Wildman–Crippen MR) is 98.6 cm³/mol. The van der Waals surface area contributed by atoms with Gasteiger partial charge in [0, 0.05) is 0 Å². The first kappa shape index (κ1) is 16.4. The van der Waals surface area contributed by atoms with E-state index in [1.54, 1.807) is 0 Å². The molecule has 0 saturated carbocycles. The third kappa shape index (κ3) is 2.74. The summed E-state index contributed by atoms with van der Waals surface area (Å²) in [6, 6.07) is 20.6. The van der Waals surface area contributed by atoms with E-state index >= 15 is 0 Å². The van der Waals surface area contributed by atoms with E-state index < -0.39 is 8.32 Å². The molecule has 0 amide bonds. The van der Waals surface area contributed by atoms with Crippen LogP contribution in [0, 0.1) is 0 Å². The quantitative estimate of drug-likeness (QED) is 0.733. The van der Waals surface area contributed by atoms with Crippen molar-refractivity contribution < 1.29 is 13.9 Å². The van der Waals surface area contributed by atoms with E-state index in [0.717, 1.165) is 10.4 Å². The summed E-state index contributed by atoms with van der Waals surface area (Å²) < 4.78 is 11.7. The van der Waals surface area contributed by atoms with E-state index in [4.69, 9.17) is 8.84 Å². The first-order chi connectivity index (χ1) is 11.4. The fourth-order valence-corrected chi connectivity index (χ4v) is 7.58. The van der Waals surface area contributed by atoms with Gasteiger partial charge in [0.15, 0.2) is 11.5 Å². The Kier molecular flexibility index (Phi) is 4.24. The lowest BCUT2D eigenvalue weighted by molar-refractivity contribution is 0.430. The molecule has 2 aromatic carbocycles. The van der Waals surface area contributed by atoms with Gasteiger partial charge in [0.25, 0.3) is 0 Å². The molecule has 124 valence electrons. The van der Waals surface area contributed by atoms with Gasteiger partial charge in [0.05, 0.1) is 0 Å². The molecule has 0 unspecified atom stereocenters. The van der Waals surface area contributed by atoms with Crippen LogP contribution in [-0.4, -0.2) is 13.4 Å². The van der Waals surface area contributed by atoms with Crippen LogP contribution >= 0.6 is 0 Å².